The quantitative estimate of drug-likeness (QED) is 0.460. The largest absolute Gasteiger partial charge is 0.370 e. The van der Waals surface area contributed by atoms with Crippen molar-refractivity contribution in [2.45, 2.75) is 19.3 Å². The summed E-state index contributed by atoms with van der Waals surface area (Å²) < 4.78 is 2.03. The Labute approximate surface area is 163 Å². The van der Waals surface area contributed by atoms with Crippen molar-refractivity contribution < 1.29 is 0 Å². The number of anilines is 1. The third-order valence-corrected chi connectivity index (χ3v) is 5.48. The molecule has 1 aliphatic heterocycles. The van der Waals surface area contributed by atoms with E-state index in [1.54, 1.807) is 0 Å². The average molecular weight is 374 g/mol. The number of aromatic nitrogens is 2. The third kappa shape index (κ3) is 2.98. The maximum Gasteiger partial charge on any atom is 0.133 e. The lowest BCUT2D eigenvalue weighted by Gasteiger charge is -2.09. The molecular formula is C23H20ClN3. The molecule has 27 heavy (non-hydrogen) atoms. The van der Waals surface area contributed by atoms with Crippen LogP contribution in [0.2, 0.25) is 5.02 Å². The second-order valence-corrected chi connectivity index (χ2v) is 7.45. The lowest BCUT2D eigenvalue weighted by molar-refractivity contribution is 0.780. The number of nitrogens with one attached hydrogen (secondary N) is 1. The SMILES string of the molecule is Clc1ccc(-n2nc(-c3ccc4ccccc4c3)c3c2NCCCC3)cc1. The van der Waals surface area contributed by atoms with Crippen molar-refractivity contribution in [3.8, 4) is 16.9 Å². The molecule has 0 radical (unpaired) electrons. The van der Waals surface area contributed by atoms with E-state index in [1.807, 2.05) is 28.9 Å². The van der Waals surface area contributed by atoms with Gasteiger partial charge in [-0.3, -0.25) is 0 Å². The number of halogens is 1. The molecule has 3 aromatic carbocycles. The lowest BCUT2D eigenvalue weighted by atomic mass is 10.0. The van der Waals surface area contributed by atoms with E-state index in [0.717, 1.165) is 35.2 Å². The zero-order valence-corrected chi connectivity index (χ0v) is 15.7. The molecule has 1 aliphatic rings. The number of hydrogen-bond acceptors (Lipinski definition) is 2. The van der Waals surface area contributed by atoms with Crippen LogP contribution in [0.25, 0.3) is 27.7 Å². The Morgan fingerprint density at radius 2 is 1.70 bits per heavy atom. The maximum atomic E-state index is 6.08. The minimum Gasteiger partial charge on any atom is -0.370 e. The molecule has 1 aromatic heterocycles. The van der Waals surface area contributed by atoms with E-state index in [-0.39, 0.29) is 0 Å². The van der Waals surface area contributed by atoms with E-state index in [0.29, 0.717) is 0 Å². The standard InChI is InChI=1S/C23H20ClN3/c24-19-10-12-20(13-11-19)27-23-21(7-3-4-14-25-23)22(26-27)18-9-8-16-5-1-2-6-17(16)15-18/h1-2,5-6,8-13,15,25H,3-4,7,14H2. The molecule has 0 spiro atoms. The zero-order chi connectivity index (χ0) is 18.2. The van der Waals surface area contributed by atoms with Crippen molar-refractivity contribution in [3.05, 3.63) is 77.3 Å². The molecule has 0 atom stereocenters. The minimum absolute atomic E-state index is 0.736. The van der Waals surface area contributed by atoms with E-state index < -0.39 is 0 Å². The summed E-state index contributed by atoms with van der Waals surface area (Å²) in [5, 5.41) is 11.9. The van der Waals surface area contributed by atoms with Crippen molar-refractivity contribution in [2.24, 2.45) is 0 Å². The average Bonchev–Trinajstić information content (AvgIpc) is 2.89. The van der Waals surface area contributed by atoms with Crippen LogP contribution in [0.1, 0.15) is 18.4 Å². The Morgan fingerprint density at radius 3 is 2.56 bits per heavy atom. The second-order valence-electron chi connectivity index (χ2n) is 7.01. The van der Waals surface area contributed by atoms with Gasteiger partial charge in [0, 0.05) is 22.7 Å². The second kappa shape index (κ2) is 6.75. The Balaban J connectivity index is 1.70. The number of benzene rings is 3. The molecule has 1 N–H and O–H groups in total. The molecule has 0 aliphatic carbocycles. The van der Waals surface area contributed by atoms with Gasteiger partial charge in [0.25, 0.3) is 0 Å². The van der Waals surface area contributed by atoms with Crippen molar-refractivity contribution in [3.63, 3.8) is 0 Å². The van der Waals surface area contributed by atoms with Gasteiger partial charge in [0.1, 0.15) is 5.82 Å². The summed E-state index contributed by atoms with van der Waals surface area (Å²) in [6.45, 7) is 0.976. The van der Waals surface area contributed by atoms with Crippen molar-refractivity contribution in [2.75, 3.05) is 11.9 Å². The molecule has 3 nitrogen and oxygen atoms in total. The fraction of sp³-hybridized carbons (Fsp3) is 0.174. The highest BCUT2D eigenvalue weighted by molar-refractivity contribution is 6.30. The molecule has 4 heteroatoms. The number of rotatable bonds is 2. The van der Waals surface area contributed by atoms with E-state index in [1.165, 1.54) is 34.7 Å². The lowest BCUT2D eigenvalue weighted by Crippen LogP contribution is -2.07. The summed E-state index contributed by atoms with van der Waals surface area (Å²) >= 11 is 6.08. The Bertz CT molecular complexity index is 1110. The summed E-state index contributed by atoms with van der Waals surface area (Å²) in [6.07, 6.45) is 3.39. The van der Waals surface area contributed by atoms with Gasteiger partial charge in [-0.15, -0.1) is 0 Å². The molecular weight excluding hydrogens is 354 g/mol. The van der Waals surface area contributed by atoms with E-state index >= 15 is 0 Å². The third-order valence-electron chi connectivity index (χ3n) is 5.22. The van der Waals surface area contributed by atoms with Crippen LogP contribution in [0.3, 0.4) is 0 Å². The van der Waals surface area contributed by atoms with Crippen LogP contribution in [0.4, 0.5) is 5.82 Å². The molecule has 0 unspecified atom stereocenters. The molecule has 0 fully saturated rings. The van der Waals surface area contributed by atoms with Gasteiger partial charge < -0.3 is 5.32 Å². The molecule has 0 saturated carbocycles. The smallest absolute Gasteiger partial charge is 0.133 e. The first-order valence-electron chi connectivity index (χ1n) is 9.40. The Kier molecular flexibility index (Phi) is 4.10. The molecule has 4 aromatic rings. The molecule has 5 rings (SSSR count). The molecule has 2 heterocycles. The van der Waals surface area contributed by atoms with Crippen LogP contribution in [0, 0.1) is 0 Å². The van der Waals surface area contributed by atoms with E-state index in [2.05, 4.69) is 47.8 Å². The zero-order valence-electron chi connectivity index (χ0n) is 15.0. The van der Waals surface area contributed by atoms with Gasteiger partial charge in [-0.2, -0.15) is 5.10 Å². The first-order chi connectivity index (χ1) is 13.3. The summed E-state index contributed by atoms with van der Waals surface area (Å²) in [4.78, 5) is 0. The van der Waals surface area contributed by atoms with Gasteiger partial charge in [-0.1, -0.05) is 48.0 Å². The highest BCUT2D eigenvalue weighted by Crippen LogP contribution is 2.35. The fourth-order valence-corrected chi connectivity index (χ4v) is 3.97. The first-order valence-corrected chi connectivity index (χ1v) is 9.78. The Morgan fingerprint density at radius 1 is 0.889 bits per heavy atom. The number of fused-ring (bicyclic) bond motifs is 2. The Hall–Kier alpha value is -2.78. The van der Waals surface area contributed by atoms with Crippen LogP contribution in [0.15, 0.2) is 66.7 Å². The summed E-state index contributed by atoms with van der Waals surface area (Å²) in [5.74, 6) is 1.11. The maximum absolute atomic E-state index is 6.08. The predicted octanol–water partition coefficient (Wildman–Crippen LogP) is 6.09. The minimum atomic E-state index is 0.736. The van der Waals surface area contributed by atoms with Gasteiger partial charge >= 0.3 is 0 Å². The monoisotopic (exact) mass is 373 g/mol. The topological polar surface area (TPSA) is 29.9 Å². The molecule has 0 bridgehead atoms. The first kappa shape index (κ1) is 16.4. The van der Waals surface area contributed by atoms with Crippen molar-refractivity contribution >= 4 is 28.2 Å². The summed E-state index contributed by atoms with van der Waals surface area (Å²) in [6, 6.07) is 22.9. The van der Waals surface area contributed by atoms with Gasteiger partial charge in [0.05, 0.1) is 11.4 Å². The molecule has 0 saturated heterocycles. The van der Waals surface area contributed by atoms with Crippen LogP contribution < -0.4 is 5.32 Å². The van der Waals surface area contributed by atoms with Gasteiger partial charge in [0.15, 0.2) is 0 Å². The predicted molar refractivity (Wildman–Crippen MR) is 113 cm³/mol. The fourth-order valence-electron chi connectivity index (χ4n) is 3.84. The number of hydrogen-bond donors (Lipinski definition) is 1. The summed E-state index contributed by atoms with van der Waals surface area (Å²) in [7, 11) is 0. The van der Waals surface area contributed by atoms with Crippen LogP contribution in [0.5, 0.6) is 0 Å². The van der Waals surface area contributed by atoms with Gasteiger partial charge in [-0.05, 0) is 60.4 Å². The summed E-state index contributed by atoms with van der Waals surface area (Å²) in [5.41, 5.74) is 4.57. The van der Waals surface area contributed by atoms with Gasteiger partial charge in [0.2, 0.25) is 0 Å². The van der Waals surface area contributed by atoms with Crippen molar-refractivity contribution in [1.82, 2.24) is 9.78 Å². The van der Waals surface area contributed by atoms with E-state index in [4.69, 9.17) is 16.7 Å². The van der Waals surface area contributed by atoms with Gasteiger partial charge in [-0.25, -0.2) is 4.68 Å². The van der Waals surface area contributed by atoms with Crippen LogP contribution >= 0.6 is 11.6 Å². The normalized spacial score (nSPS) is 13.8. The molecule has 134 valence electrons. The number of nitrogens with zero attached hydrogens (tertiary/aromatic N) is 2. The highest BCUT2D eigenvalue weighted by atomic mass is 35.5. The van der Waals surface area contributed by atoms with E-state index in [9.17, 15) is 0 Å². The van der Waals surface area contributed by atoms with Crippen LogP contribution in [-0.4, -0.2) is 16.3 Å². The highest BCUT2D eigenvalue weighted by Gasteiger charge is 2.21. The van der Waals surface area contributed by atoms with Crippen molar-refractivity contribution in [1.29, 1.82) is 0 Å². The molecule has 0 amide bonds. The van der Waals surface area contributed by atoms with Crippen LogP contribution in [-0.2, 0) is 6.42 Å².